The Kier molecular flexibility index (Phi) is 7.47. The van der Waals surface area contributed by atoms with Gasteiger partial charge in [-0.3, -0.25) is 14.8 Å². The highest BCUT2D eigenvalue weighted by Crippen LogP contribution is 2.40. The number of aromatic nitrogens is 4. The van der Waals surface area contributed by atoms with Gasteiger partial charge in [0.05, 0.1) is 23.2 Å². The zero-order chi connectivity index (χ0) is 29.5. The van der Waals surface area contributed by atoms with Crippen molar-refractivity contribution in [1.29, 1.82) is 0 Å². The molecule has 3 N–H and O–H groups in total. The Bertz CT molecular complexity index is 1520. The van der Waals surface area contributed by atoms with E-state index >= 15 is 0 Å². The van der Waals surface area contributed by atoms with Gasteiger partial charge in [-0.2, -0.15) is 22.0 Å². The highest BCUT2D eigenvalue weighted by atomic mass is 19.4. The molecule has 1 aliphatic rings. The lowest BCUT2D eigenvalue weighted by Gasteiger charge is -2.25. The van der Waals surface area contributed by atoms with Crippen LogP contribution in [-0.4, -0.2) is 56.5 Å². The van der Waals surface area contributed by atoms with E-state index < -0.39 is 36.3 Å². The summed E-state index contributed by atoms with van der Waals surface area (Å²) in [5, 5.41) is 2.71. The number of nitrogens with zero attached hydrogens (tertiary/aromatic N) is 6. The van der Waals surface area contributed by atoms with Gasteiger partial charge in [-0.15, -0.1) is 0 Å². The van der Waals surface area contributed by atoms with Gasteiger partial charge in [0.2, 0.25) is 5.91 Å². The van der Waals surface area contributed by atoms with Gasteiger partial charge < -0.3 is 15.5 Å². The Labute approximate surface area is 226 Å². The number of amides is 1. The first kappa shape index (κ1) is 28.8. The van der Waals surface area contributed by atoms with Gasteiger partial charge in [0.15, 0.2) is 5.65 Å². The molecule has 3 aromatic rings. The van der Waals surface area contributed by atoms with Gasteiger partial charge in [0.25, 0.3) is 0 Å². The molecule has 1 aliphatic heterocycles. The quantitative estimate of drug-likeness (QED) is 0.243. The number of aliphatic imine (C=N–C) groups is 2. The van der Waals surface area contributed by atoms with E-state index in [1.807, 2.05) is 19.9 Å². The number of carbonyl (C=O) groups is 1. The SMILES string of the molecule is CN=C(N)C1=C(N=Cc2cn3ccnc3c(CCC(F)(F)C(F)(F)F)n2)NC(=O)C1(C)c1ccc(C(C)C)nc1. The monoisotopic (exact) mass is 562 g/mol. The summed E-state index contributed by atoms with van der Waals surface area (Å²) >= 11 is 0. The van der Waals surface area contributed by atoms with E-state index in [-0.39, 0.29) is 34.6 Å². The molecule has 0 saturated carbocycles. The van der Waals surface area contributed by atoms with E-state index in [1.54, 1.807) is 19.2 Å². The van der Waals surface area contributed by atoms with Gasteiger partial charge >= 0.3 is 12.1 Å². The number of hydrogen-bond acceptors (Lipinski definition) is 6. The number of nitrogens with two attached hydrogens (primary N) is 1. The van der Waals surface area contributed by atoms with Gasteiger partial charge in [0.1, 0.15) is 17.1 Å². The first-order chi connectivity index (χ1) is 18.7. The van der Waals surface area contributed by atoms with Gasteiger partial charge in [-0.05, 0) is 30.9 Å². The number of nitrogens with one attached hydrogen (secondary N) is 1. The Balaban J connectivity index is 1.73. The minimum Gasteiger partial charge on any atom is -0.384 e. The van der Waals surface area contributed by atoms with Gasteiger partial charge in [0, 0.05) is 43.9 Å². The van der Waals surface area contributed by atoms with Crippen molar-refractivity contribution in [3.63, 3.8) is 0 Å². The molecule has 1 unspecified atom stereocenters. The second kappa shape index (κ2) is 10.4. The van der Waals surface area contributed by atoms with Crippen LogP contribution >= 0.6 is 0 Å². The van der Waals surface area contributed by atoms with Crippen molar-refractivity contribution in [2.75, 3.05) is 7.05 Å². The molecule has 0 bridgehead atoms. The second-order valence-electron chi connectivity index (χ2n) is 9.77. The van der Waals surface area contributed by atoms with E-state index in [9.17, 15) is 26.7 Å². The normalized spacial score (nSPS) is 18.9. The van der Waals surface area contributed by atoms with Crippen LogP contribution in [0.5, 0.6) is 0 Å². The average Bonchev–Trinajstić information content (AvgIpc) is 3.47. The number of imidazole rings is 1. The number of halogens is 5. The van der Waals surface area contributed by atoms with Crippen molar-refractivity contribution in [2.24, 2.45) is 15.7 Å². The Hall–Kier alpha value is -4.23. The zero-order valence-corrected chi connectivity index (χ0v) is 22.1. The van der Waals surface area contributed by atoms with Crippen molar-refractivity contribution in [1.82, 2.24) is 24.7 Å². The minimum absolute atomic E-state index is 0.0500. The number of carbonyl (C=O) groups excluding carboxylic acids is 1. The molecule has 0 aliphatic carbocycles. The van der Waals surface area contributed by atoms with Crippen LogP contribution < -0.4 is 11.1 Å². The van der Waals surface area contributed by atoms with Crippen molar-refractivity contribution in [2.45, 2.75) is 57.0 Å². The fourth-order valence-electron chi connectivity index (χ4n) is 4.35. The van der Waals surface area contributed by atoms with E-state index in [1.165, 1.54) is 36.3 Å². The molecule has 4 heterocycles. The summed E-state index contributed by atoms with van der Waals surface area (Å²) in [4.78, 5) is 34.4. The van der Waals surface area contributed by atoms with Gasteiger partial charge in [-0.25, -0.2) is 15.0 Å². The van der Waals surface area contributed by atoms with Crippen LogP contribution in [0.3, 0.4) is 0 Å². The lowest BCUT2D eigenvalue weighted by molar-refractivity contribution is -0.284. The maximum absolute atomic E-state index is 13.6. The van der Waals surface area contributed by atoms with Crippen LogP contribution in [0.25, 0.3) is 5.65 Å². The van der Waals surface area contributed by atoms with Crippen LogP contribution in [0, 0.1) is 0 Å². The largest absolute Gasteiger partial charge is 0.453 e. The predicted octanol–water partition coefficient (Wildman–Crippen LogP) is 4.08. The van der Waals surface area contributed by atoms with Crippen molar-refractivity contribution in [3.05, 3.63) is 71.0 Å². The number of aryl methyl sites for hydroxylation is 1. The standard InChI is InChI=1S/C26H27F5N8O/c1-14(2)17-6-5-15(11-35-17)24(3)19(20(32)33-4)21(38-23(24)40)36-12-16-13-39-10-9-34-22(39)18(37-16)7-8-25(27,28)26(29,30)31/h5-6,9-14H,7-8H2,1-4H3,(H2,32,33)(H,38,40). The van der Waals surface area contributed by atoms with E-state index in [2.05, 4.69) is 30.3 Å². The Morgan fingerprint density at radius 1 is 1.23 bits per heavy atom. The molecule has 0 spiro atoms. The molecule has 14 heteroatoms. The minimum atomic E-state index is -5.68. The van der Waals surface area contributed by atoms with Crippen molar-refractivity contribution in [3.8, 4) is 0 Å². The highest BCUT2D eigenvalue weighted by molar-refractivity contribution is 6.12. The highest BCUT2D eigenvalue weighted by Gasteiger charge is 2.56. The third-order valence-electron chi connectivity index (χ3n) is 6.75. The molecule has 0 radical (unpaired) electrons. The van der Waals surface area contributed by atoms with E-state index in [0.29, 0.717) is 11.1 Å². The molecule has 3 aromatic heterocycles. The Morgan fingerprint density at radius 3 is 2.55 bits per heavy atom. The summed E-state index contributed by atoms with van der Waals surface area (Å²) in [6.45, 7) is 5.65. The molecule has 1 amide bonds. The number of amidine groups is 1. The van der Waals surface area contributed by atoms with Gasteiger partial charge in [-0.1, -0.05) is 19.9 Å². The number of fused-ring (bicyclic) bond motifs is 1. The third-order valence-corrected chi connectivity index (χ3v) is 6.75. The summed E-state index contributed by atoms with van der Waals surface area (Å²) in [5.74, 6) is -5.00. The van der Waals surface area contributed by atoms with Crippen molar-refractivity contribution < 1.29 is 26.7 Å². The van der Waals surface area contributed by atoms with E-state index in [0.717, 1.165) is 5.69 Å². The van der Waals surface area contributed by atoms with Crippen molar-refractivity contribution >= 4 is 23.6 Å². The molecule has 40 heavy (non-hydrogen) atoms. The molecule has 4 rings (SSSR count). The number of alkyl halides is 5. The summed E-state index contributed by atoms with van der Waals surface area (Å²) in [7, 11) is 1.46. The number of hydrogen-bond donors (Lipinski definition) is 2. The molecule has 9 nitrogen and oxygen atoms in total. The molecule has 212 valence electrons. The average molecular weight is 563 g/mol. The topological polar surface area (TPSA) is 123 Å². The first-order valence-corrected chi connectivity index (χ1v) is 12.3. The molecule has 0 fully saturated rings. The summed E-state index contributed by atoms with van der Waals surface area (Å²) < 4.78 is 66.7. The lowest BCUT2D eigenvalue weighted by atomic mass is 9.76. The van der Waals surface area contributed by atoms with Crippen LogP contribution in [-0.2, 0) is 16.6 Å². The maximum Gasteiger partial charge on any atom is 0.453 e. The predicted molar refractivity (Wildman–Crippen MR) is 138 cm³/mol. The molecule has 1 atom stereocenters. The lowest BCUT2D eigenvalue weighted by Crippen LogP contribution is -2.39. The first-order valence-electron chi connectivity index (χ1n) is 12.3. The number of pyridine rings is 1. The zero-order valence-electron chi connectivity index (χ0n) is 22.1. The molecular formula is C26H27F5N8O. The van der Waals surface area contributed by atoms with Crippen LogP contribution in [0.1, 0.15) is 55.8 Å². The molecule has 0 aromatic carbocycles. The van der Waals surface area contributed by atoms with Crippen LogP contribution in [0.4, 0.5) is 22.0 Å². The summed E-state index contributed by atoms with van der Waals surface area (Å²) in [6, 6.07) is 3.61. The fourth-order valence-corrected chi connectivity index (χ4v) is 4.35. The second-order valence-corrected chi connectivity index (χ2v) is 9.77. The third kappa shape index (κ3) is 5.17. The molecule has 0 saturated heterocycles. The fraction of sp³-hybridized carbons (Fsp3) is 0.385. The maximum atomic E-state index is 13.6. The summed E-state index contributed by atoms with van der Waals surface area (Å²) in [6.07, 6.45) is -0.691. The van der Waals surface area contributed by atoms with E-state index in [4.69, 9.17) is 5.73 Å². The molecular weight excluding hydrogens is 535 g/mol. The number of rotatable bonds is 8. The Morgan fingerprint density at radius 2 is 1.95 bits per heavy atom. The van der Waals surface area contributed by atoms with Crippen LogP contribution in [0.2, 0.25) is 0 Å². The van der Waals surface area contributed by atoms with Crippen LogP contribution in [0.15, 0.2) is 58.3 Å². The summed E-state index contributed by atoms with van der Waals surface area (Å²) in [5.41, 5.74) is 6.81. The smallest absolute Gasteiger partial charge is 0.384 e.